The average molecular weight is 341 g/mol. The molecule has 1 N–H and O–H groups in total. The number of hydrogen-bond donors (Lipinski definition) is 1. The van der Waals surface area contributed by atoms with Crippen LogP contribution in [0.25, 0.3) is 0 Å². The number of anilines is 1. The van der Waals surface area contributed by atoms with Crippen molar-refractivity contribution >= 4 is 21.6 Å². The maximum Gasteiger partial charge on any atom is 0.243 e. The van der Waals surface area contributed by atoms with Crippen molar-refractivity contribution < 1.29 is 13.2 Å². The Morgan fingerprint density at radius 2 is 1.78 bits per heavy atom. The monoisotopic (exact) mass is 341 g/mol. The highest BCUT2D eigenvalue weighted by molar-refractivity contribution is 7.92. The molecule has 0 aliphatic rings. The van der Waals surface area contributed by atoms with Gasteiger partial charge in [0, 0.05) is 6.54 Å². The van der Waals surface area contributed by atoms with E-state index < -0.39 is 16.1 Å². The summed E-state index contributed by atoms with van der Waals surface area (Å²) in [5, 5.41) is 2.80. The zero-order chi connectivity index (χ0) is 17.6. The third-order valence-electron chi connectivity index (χ3n) is 3.46. The van der Waals surface area contributed by atoms with Gasteiger partial charge in [0.15, 0.2) is 0 Å². The molecule has 1 aromatic rings. The van der Waals surface area contributed by atoms with Gasteiger partial charge in [0.1, 0.15) is 6.04 Å². The number of sulfonamides is 1. The molecule has 0 fully saturated rings. The van der Waals surface area contributed by atoms with Crippen molar-refractivity contribution in [3.8, 4) is 0 Å². The number of nitrogens with one attached hydrogen (secondary N) is 1. The van der Waals surface area contributed by atoms with Gasteiger partial charge < -0.3 is 10.2 Å². The lowest BCUT2D eigenvalue weighted by molar-refractivity contribution is -0.121. The molecule has 0 bridgehead atoms. The third-order valence-corrected chi connectivity index (χ3v) is 4.70. The van der Waals surface area contributed by atoms with E-state index in [-0.39, 0.29) is 5.91 Å². The molecule has 0 unspecified atom stereocenters. The average Bonchev–Trinajstić information content (AvgIpc) is 2.44. The summed E-state index contributed by atoms with van der Waals surface area (Å²) in [6.07, 6.45) is 1.93. The zero-order valence-corrected chi connectivity index (χ0v) is 15.4. The van der Waals surface area contributed by atoms with Crippen molar-refractivity contribution in [3.05, 3.63) is 29.8 Å². The van der Waals surface area contributed by atoms with Gasteiger partial charge >= 0.3 is 0 Å². The van der Waals surface area contributed by atoms with E-state index >= 15 is 0 Å². The van der Waals surface area contributed by atoms with Crippen molar-refractivity contribution in [2.45, 2.75) is 26.3 Å². The quantitative estimate of drug-likeness (QED) is 0.722. The summed E-state index contributed by atoms with van der Waals surface area (Å²) in [6, 6.07) is 6.29. The minimum atomic E-state index is -3.55. The first-order chi connectivity index (χ1) is 10.6. The summed E-state index contributed by atoms with van der Waals surface area (Å²) in [5.41, 5.74) is 1.53. The maximum absolute atomic E-state index is 12.3. The van der Waals surface area contributed by atoms with Crippen LogP contribution >= 0.6 is 0 Å². The predicted octanol–water partition coefficient (Wildman–Crippen LogP) is 1.22. The SMILES string of the molecule is Cc1ccc(N([C@H](C)C(=O)NCCCN(C)C)S(C)(=O)=O)cc1. The van der Waals surface area contributed by atoms with Crippen molar-refractivity contribution in [1.29, 1.82) is 0 Å². The molecule has 0 aromatic heterocycles. The Morgan fingerprint density at radius 3 is 2.26 bits per heavy atom. The van der Waals surface area contributed by atoms with Crippen LogP contribution in [0.4, 0.5) is 5.69 Å². The van der Waals surface area contributed by atoms with Crippen molar-refractivity contribution in [2.24, 2.45) is 0 Å². The van der Waals surface area contributed by atoms with Crippen LogP contribution in [0.3, 0.4) is 0 Å². The van der Waals surface area contributed by atoms with Crippen LogP contribution in [-0.4, -0.2) is 58.7 Å². The second-order valence-corrected chi connectivity index (χ2v) is 7.88. The van der Waals surface area contributed by atoms with Gasteiger partial charge in [0.2, 0.25) is 15.9 Å². The number of rotatable bonds is 8. The van der Waals surface area contributed by atoms with Crippen LogP contribution < -0.4 is 9.62 Å². The van der Waals surface area contributed by atoms with E-state index in [4.69, 9.17) is 0 Å². The largest absolute Gasteiger partial charge is 0.354 e. The number of aryl methyl sites for hydroxylation is 1. The van der Waals surface area contributed by atoms with Gasteiger partial charge in [-0.1, -0.05) is 17.7 Å². The summed E-state index contributed by atoms with van der Waals surface area (Å²) in [4.78, 5) is 14.3. The molecule has 130 valence electrons. The highest BCUT2D eigenvalue weighted by Crippen LogP contribution is 2.21. The maximum atomic E-state index is 12.3. The van der Waals surface area contributed by atoms with Gasteiger partial charge in [0.05, 0.1) is 11.9 Å². The molecule has 0 radical (unpaired) electrons. The number of amides is 1. The molecular formula is C16H27N3O3S. The summed E-state index contributed by atoms with van der Waals surface area (Å²) >= 11 is 0. The van der Waals surface area contributed by atoms with E-state index in [1.165, 1.54) is 0 Å². The number of nitrogens with zero attached hydrogens (tertiary/aromatic N) is 2. The molecule has 0 heterocycles. The molecule has 1 atom stereocenters. The number of hydrogen-bond acceptors (Lipinski definition) is 4. The fourth-order valence-electron chi connectivity index (χ4n) is 2.26. The smallest absolute Gasteiger partial charge is 0.243 e. The lowest BCUT2D eigenvalue weighted by atomic mass is 10.2. The molecule has 1 aromatic carbocycles. The van der Waals surface area contributed by atoms with Crippen LogP contribution in [0.5, 0.6) is 0 Å². The fourth-order valence-corrected chi connectivity index (χ4v) is 3.43. The Hall–Kier alpha value is -1.60. The van der Waals surface area contributed by atoms with Gasteiger partial charge in [-0.3, -0.25) is 9.10 Å². The number of carbonyl (C=O) groups is 1. The molecule has 0 saturated carbocycles. The molecule has 7 heteroatoms. The summed E-state index contributed by atoms with van der Waals surface area (Å²) in [6.45, 7) is 4.91. The summed E-state index contributed by atoms with van der Waals surface area (Å²) < 4.78 is 25.4. The summed E-state index contributed by atoms with van der Waals surface area (Å²) in [7, 11) is 0.376. The standard InChI is InChI=1S/C16H27N3O3S/c1-13-7-9-15(10-8-13)19(23(5,21)22)14(2)16(20)17-11-6-12-18(3)4/h7-10,14H,6,11-12H2,1-5H3,(H,17,20)/t14-/m1/s1. The second kappa shape index (κ2) is 8.31. The Bertz CT molecular complexity index is 612. The molecule has 6 nitrogen and oxygen atoms in total. The van der Waals surface area contributed by atoms with Gasteiger partial charge in [0.25, 0.3) is 0 Å². The first-order valence-corrected chi connectivity index (χ1v) is 9.46. The van der Waals surface area contributed by atoms with E-state index in [2.05, 4.69) is 5.32 Å². The molecular weight excluding hydrogens is 314 g/mol. The van der Waals surface area contributed by atoms with E-state index in [0.29, 0.717) is 12.2 Å². The van der Waals surface area contributed by atoms with E-state index in [0.717, 1.165) is 29.1 Å². The molecule has 0 aliphatic heterocycles. The Kier molecular flexibility index (Phi) is 7.02. The van der Waals surface area contributed by atoms with Crippen molar-refractivity contribution in [1.82, 2.24) is 10.2 Å². The van der Waals surface area contributed by atoms with Crippen molar-refractivity contribution in [3.63, 3.8) is 0 Å². The normalized spacial score (nSPS) is 13.0. The minimum Gasteiger partial charge on any atom is -0.354 e. The van der Waals surface area contributed by atoms with E-state index in [9.17, 15) is 13.2 Å². The third kappa shape index (κ3) is 6.19. The van der Waals surface area contributed by atoms with Gasteiger partial charge in [-0.2, -0.15) is 0 Å². The van der Waals surface area contributed by atoms with E-state index in [1.807, 2.05) is 38.1 Å². The van der Waals surface area contributed by atoms with Crippen LogP contribution in [0.15, 0.2) is 24.3 Å². The number of benzene rings is 1. The molecule has 0 aliphatic carbocycles. The highest BCUT2D eigenvalue weighted by atomic mass is 32.2. The Balaban J connectivity index is 2.83. The minimum absolute atomic E-state index is 0.297. The van der Waals surface area contributed by atoms with Crippen LogP contribution in [0, 0.1) is 6.92 Å². The van der Waals surface area contributed by atoms with Gasteiger partial charge in [-0.15, -0.1) is 0 Å². The second-order valence-electron chi connectivity index (χ2n) is 6.02. The van der Waals surface area contributed by atoms with E-state index in [1.54, 1.807) is 19.1 Å². The molecule has 1 rings (SSSR count). The topological polar surface area (TPSA) is 69.7 Å². The van der Waals surface area contributed by atoms with Crippen LogP contribution in [0.1, 0.15) is 18.9 Å². The lowest BCUT2D eigenvalue weighted by Gasteiger charge is -2.28. The fraction of sp³-hybridized carbons (Fsp3) is 0.562. The van der Waals surface area contributed by atoms with Crippen molar-refractivity contribution in [2.75, 3.05) is 37.7 Å². The van der Waals surface area contributed by atoms with Crippen LogP contribution in [0.2, 0.25) is 0 Å². The Morgan fingerprint density at radius 1 is 1.22 bits per heavy atom. The number of carbonyl (C=O) groups excluding carboxylic acids is 1. The van der Waals surface area contributed by atoms with Crippen LogP contribution in [-0.2, 0) is 14.8 Å². The lowest BCUT2D eigenvalue weighted by Crippen LogP contribution is -2.48. The Labute approximate surface area is 139 Å². The molecule has 23 heavy (non-hydrogen) atoms. The zero-order valence-electron chi connectivity index (χ0n) is 14.5. The molecule has 0 spiro atoms. The van der Waals surface area contributed by atoms with Gasteiger partial charge in [-0.25, -0.2) is 8.42 Å². The first-order valence-electron chi connectivity index (χ1n) is 7.61. The summed E-state index contributed by atoms with van der Waals surface area (Å²) in [5.74, 6) is -0.297. The highest BCUT2D eigenvalue weighted by Gasteiger charge is 2.28. The van der Waals surface area contributed by atoms with Gasteiger partial charge in [-0.05, 0) is 53.0 Å². The molecule has 1 amide bonds. The first kappa shape index (κ1) is 19.4. The predicted molar refractivity (Wildman–Crippen MR) is 94.1 cm³/mol. The molecule has 0 saturated heterocycles.